The van der Waals surface area contributed by atoms with Gasteiger partial charge < -0.3 is 5.32 Å². The van der Waals surface area contributed by atoms with Gasteiger partial charge in [-0.1, -0.05) is 31.9 Å². The fraction of sp³-hybridized carbons (Fsp3) is 0.533. The van der Waals surface area contributed by atoms with Crippen LogP contribution in [0.2, 0.25) is 0 Å². The van der Waals surface area contributed by atoms with E-state index >= 15 is 0 Å². The second-order valence-corrected chi connectivity index (χ2v) is 5.82. The molecule has 1 amide bonds. The van der Waals surface area contributed by atoms with Crippen LogP contribution in [0.5, 0.6) is 0 Å². The van der Waals surface area contributed by atoms with Crippen LogP contribution >= 0.6 is 11.6 Å². The second kappa shape index (κ2) is 5.91. The Morgan fingerprint density at radius 1 is 1.53 bits per heavy atom. The molecule has 104 valence electrons. The van der Waals surface area contributed by atoms with Gasteiger partial charge in [0.2, 0.25) is 0 Å². The number of alkyl halides is 1. The summed E-state index contributed by atoms with van der Waals surface area (Å²) >= 11 is 6.07. The molecule has 0 bridgehead atoms. The van der Waals surface area contributed by atoms with E-state index < -0.39 is 11.4 Å². The maximum Gasteiger partial charge on any atom is 0.254 e. The van der Waals surface area contributed by atoms with Crippen LogP contribution in [-0.2, 0) is 0 Å². The van der Waals surface area contributed by atoms with E-state index in [1.54, 1.807) is 12.1 Å². The van der Waals surface area contributed by atoms with Crippen LogP contribution < -0.4 is 5.32 Å². The van der Waals surface area contributed by atoms with Crippen molar-refractivity contribution in [3.05, 3.63) is 35.6 Å². The molecule has 0 heterocycles. The van der Waals surface area contributed by atoms with Gasteiger partial charge in [0.1, 0.15) is 5.82 Å². The zero-order chi connectivity index (χ0) is 13.9. The van der Waals surface area contributed by atoms with Crippen LogP contribution in [0.4, 0.5) is 4.39 Å². The van der Waals surface area contributed by atoms with Gasteiger partial charge in [-0.15, -0.1) is 11.6 Å². The average molecular weight is 284 g/mol. The Morgan fingerprint density at radius 3 is 2.89 bits per heavy atom. The number of carbonyl (C=O) groups excluding carboxylic acids is 1. The maximum atomic E-state index is 13.6. The number of carbonyl (C=O) groups is 1. The van der Waals surface area contributed by atoms with Crippen LogP contribution in [0.25, 0.3) is 0 Å². The second-order valence-electron chi connectivity index (χ2n) is 5.55. The minimum Gasteiger partial charge on any atom is -0.345 e. The minimum absolute atomic E-state index is 0.0882. The van der Waals surface area contributed by atoms with Crippen molar-refractivity contribution in [1.82, 2.24) is 5.32 Å². The number of amides is 1. The van der Waals surface area contributed by atoms with Crippen molar-refractivity contribution in [2.45, 2.75) is 38.1 Å². The SMILES string of the molecule is CC1CCCC(CCl)(NC(=O)c2ccccc2F)C1. The molecule has 1 fully saturated rings. The number of hydrogen-bond donors (Lipinski definition) is 1. The Bertz CT molecular complexity index is 465. The van der Waals surface area contributed by atoms with E-state index in [2.05, 4.69) is 12.2 Å². The highest BCUT2D eigenvalue weighted by atomic mass is 35.5. The third kappa shape index (κ3) is 3.27. The fourth-order valence-electron chi connectivity index (χ4n) is 2.88. The third-order valence-corrected chi connectivity index (χ3v) is 4.36. The third-order valence-electron chi connectivity index (χ3n) is 3.84. The van der Waals surface area contributed by atoms with Crippen molar-refractivity contribution in [3.63, 3.8) is 0 Å². The lowest BCUT2D eigenvalue weighted by Crippen LogP contribution is -2.52. The van der Waals surface area contributed by atoms with Gasteiger partial charge in [-0.25, -0.2) is 4.39 Å². The van der Waals surface area contributed by atoms with Crippen molar-refractivity contribution in [2.24, 2.45) is 5.92 Å². The lowest BCUT2D eigenvalue weighted by Gasteiger charge is -2.39. The first-order valence-corrected chi connectivity index (χ1v) is 7.23. The Balaban J connectivity index is 2.14. The molecule has 1 N–H and O–H groups in total. The summed E-state index contributed by atoms with van der Waals surface area (Å²) in [6, 6.07) is 6.03. The molecule has 0 aliphatic heterocycles. The molecule has 2 unspecified atom stereocenters. The summed E-state index contributed by atoms with van der Waals surface area (Å²) < 4.78 is 13.6. The predicted molar refractivity (Wildman–Crippen MR) is 74.9 cm³/mol. The largest absolute Gasteiger partial charge is 0.345 e. The summed E-state index contributed by atoms with van der Waals surface area (Å²) in [5.74, 6) is 0.0483. The smallest absolute Gasteiger partial charge is 0.254 e. The van der Waals surface area contributed by atoms with Crippen molar-refractivity contribution >= 4 is 17.5 Å². The molecule has 1 aliphatic rings. The molecule has 0 aromatic heterocycles. The van der Waals surface area contributed by atoms with Crippen molar-refractivity contribution < 1.29 is 9.18 Å². The zero-order valence-corrected chi connectivity index (χ0v) is 11.8. The molecule has 2 nitrogen and oxygen atoms in total. The molecule has 1 aliphatic carbocycles. The highest BCUT2D eigenvalue weighted by molar-refractivity contribution is 6.19. The molecule has 1 aromatic carbocycles. The molecule has 4 heteroatoms. The van der Waals surface area contributed by atoms with E-state index in [1.807, 2.05) is 0 Å². The quantitative estimate of drug-likeness (QED) is 0.841. The lowest BCUT2D eigenvalue weighted by molar-refractivity contribution is 0.0863. The Labute approximate surface area is 118 Å². The first kappa shape index (κ1) is 14.3. The molecule has 0 radical (unpaired) electrons. The van der Waals surface area contributed by atoms with Gasteiger partial charge in [0.25, 0.3) is 5.91 Å². The molecule has 2 rings (SSSR count). The van der Waals surface area contributed by atoms with Crippen LogP contribution in [0, 0.1) is 11.7 Å². The molecule has 19 heavy (non-hydrogen) atoms. The van der Waals surface area contributed by atoms with E-state index in [1.165, 1.54) is 12.1 Å². The summed E-state index contributed by atoms with van der Waals surface area (Å²) in [7, 11) is 0. The topological polar surface area (TPSA) is 29.1 Å². The molecule has 0 saturated heterocycles. The number of rotatable bonds is 3. The highest BCUT2D eigenvalue weighted by Crippen LogP contribution is 2.33. The molecule has 0 spiro atoms. The predicted octanol–water partition coefficient (Wildman–Crippen LogP) is 3.74. The van der Waals surface area contributed by atoms with Crippen molar-refractivity contribution in [2.75, 3.05) is 5.88 Å². The maximum absolute atomic E-state index is 13.6. The monoisotopic (exact) mass is 283 g/mol. The molecule has 1 aromatic rings. The van der Waals surface area contributed by atoms with Crippen LogP contribution in [0.1, 0.15) is 43.0 Å². The number of hydrogen-bond acceptors (Lipinski definition) is 1. The van der Waals surface area contributed by atoms with E-state index in [0.29, 0.717) is 11.8 Å². The Morgan fingerprint density at radius 2 is 2.26 bits per heavy atom. The molecule has 2 atom stereocenters. The van der Waals surface area contributed by atoms with Gasteiger partial charge in [-0.2, -0.15) is 0 Å². The standard InChI is InChI=1S/C15H19ClFNO/c1-11-5-4-8-15(9-11,10-16)18-14(19)12-6-2-3-7-13(12)17/h2-3,6-7,11H,4-5,8-10H2,1H3,(H,18,19). The first-order chi connectivity index (χ1) is 9.06. The van der Waals surface area contributed by atoms with Crippen LogP contribution in [0.3, 0.4) is 0 Å². The zero-order valence-electron chi connectivity index (χ0n) is 11.1. The summed E-state index contributed by atoms with van der Waals surface area (Å²) in [6.07, 6.45) is 3.93. The van der Waals surface area contributed by atoms with Crippen LogP contribution in [-0.4, -0.2) is 17.3 Å². The van der Waals surface area contributed by atoms with Gasteiger partial charge >= 0.3 is 0 Å². The van der Waals surface area contributed by atoms with Gasteiger partial charge in [-0.3, -0.25) is 4.79 Å². The van der Waals surface area contributed by atoms with Gasteiger partial charge in [0.15, 0.2) is 0 Å². The normalized spacial score (nSPS) is 27.0. The summed E-state index contributed by atoms with van der Waals surface area (Å²) in [4.78, 5) is 12.2. The van der Waals surface area contributed by atoms with E-state index in [0.717, 1.165) is 25.7 Å². The number of benzene rings is 1. The van der Waals surface area contributed by atoms with Crippen molar-refractivity contribution in [1.29, 1.82) is 0 Å². The molecule has 1 saturated carbocycles. The van der Waals surface area contributed by atoms with Crippen LogP contribution in [0.15, 0.2) is 24.3 Å². The summed E-state index contributed by atoms with van der Waals surface area (Å²) in [5.41, 5.74) is -0.302. The fourth-order valence-corrected chi connectivity index (χ4v) is 3.19. The van der Waals surface area contributed by atoms with Gasteiger partial charge in [0, 0.05) is 5.88 Å². The van der Waals surface area contributed by atoms with Gasteiger partial charge in [-0.05, 0) is 30.9 Å². The average Bonchev–Trinajstić information content (AvgIpc) is 2.39. The highest BCUT2D eigenvalue weighted by Gasteiger charge is 2.36. The molecular weight excluding hydrogens is 265 g/mol. The minimum atomic E-state index is -0.492. The van der Waals surface area contributed by atoms with E-state index in [-0.39, 0.29) is 11.5 Å². The van der Waals surface area contributed by atoms with E-state index in [9.17, 15) is 9.18 Å². The lowest BCUT2D eigenvalue weighted by atomic mass is 9.77. The van der Waals surface area contributed by atoms with E-state index in [4.69, 9.17) is 11.6 Å². The molecular formula is C15H19ClFNO. The number of halogens is 2. The summed E-state index contributed by atoms with van der Waals surface area (Å²) in [5, 5.41) is 2.96. The number of nitrogens with one attached hydrogen (secondary N) is 1. The Kier molecular flexibility index (Phi) is 4.46. The summed E-state index contributed by atoms with van der Waals surface area (Å²) in [6.45, 7) is 2.16. The Hall–Kier alpha value is -1.09. The van der Waals surface area contributed by atoms with Gasteiger partial charge in [0.05, 0.1) is 11.1 Å². The van der Waals surface area contributed by atoms with Crippen molar-refractivity contribution in [3.8, 4) is 0 Å². The first-order valence-electron chi connectivity index (χ1n) is 6.69.